The van der Waals surface area contributed by atoms with Gasteiger partial charge < -0.3 is 5.73 Å². The summed E-state index contributed by atoms with van der Waals surface area (Å²) in [5, 5.41) is 9.68. The zero-order valence-electron chi connectivity index (χ0n) is 14.3. The summed E-state index contributed by atoms with van der Waals surface area (Å²) in [6.07, 6.45) is 2.07. The van der Waals surface area contributed by atoms with Gasteiger partial charge in [0.15, 0.2) is 0 Å². The van der Waals surface area contributed by atoms with Crippen LogP contribution >= 0.6 is 11.6 Å². The standard InChI is InChI=1S/C21H17ClFN3/c1-2-4-13-7-9-14(10-8-13)19-11-15(16(12-24)21(25)26-19)20-17(22)5-3-6-18(20)23/h3,5-11H,2,4H2,1H3,(H2,25,26). The van der Waals surface area contributed by atoms with Crippen molar-refractivity contribution in [3.8, 4) is 28.5 Å². The van der Waals surface area contributed by atoms with Crippen LogP contribution in [0.2, 0.25) is 5.02 Å². The lowest BCUT2D eigenvalue weighted by molar-refractivity contribution is 0.631. The predicted molar refractivity (Wildman–Crippen MR) is 103 cm³/mol. The molecule has 3 rings (SSSR count). The average molecular weight is 366 g/mol. The fraction of sp³-hybridized carbons (Fsp3) is 0.143. The Morgan fingerprint density at radius 1 is 1.19 bits per heavy atom. The smallest absolute Gasteiger partial charge is 0.142 e. The largest absolute Gasteiger partial charge is 0.383 e. The third-order valence-electron chi connectivity index (χ3n) is 4.18. The van der Waals surface area contributed by atoms with Gasteiger partial charge >= 0.3 is 0 Å². The predicted octanol–water partition coefficient (Wildman–Crippen LogP) is 5.61. The first-order valence-electron chi connectivity index (χ1n) is 8.29. The van der Waals surface area contributed by atoms with Gasteiger partial charge in [0.2, 0.25) is 0 Å². The summed E-state index contributed by atoms with van der Waals surface area (Å²) in [6.45, 7) is 2.13. The van der Waals surface area contributed by atoms with Crippen LogP contribution < -0.4 is 5.73 Å². The molecule has 0 aliphatic heterocycles. The van der Waals surface area contributed by atoms with Gasteiger partial charge in [0.25, 0.3) is 0 Å². The SMILES string of the molecule is CCCc1ccc(-c2cc(-c3c(F)cccc3Cl)c(C#N)c(N)n2)cc1. The minimum atomic E-state index is -0.510. The van der Waals surface area contributed by atoms with Gasteiger partial charge in [0.1, 0.15) is 23.3 Å². The van der Waals surface area contributed by atoms with Crippen LogP contribution in [0.25, 0.3) is 22.4 Å². The van der Waals surface area contributed by atoms with E-state index in [1.165, 1.54) is 17.7 Å². The number of nitrogens with two attached hydrogens (primary N) is 1. The lowest BCUT2D eigenvalue weighted by atomic mass is 9.97. The van der Waals surface area contributed by atoms with Crippen molar-refractivity contribution in [3.05, 3.63) is 70.5 Å². The second-order valence-corrected chi connectivity index (χ2v) is 6.38. The van der Waals surface area contributed by atoms with E-state index in [2.05, 4.69) is 11.9 Å². The van der Waals surface area contributed by atoms with Crippen LogP contribution in [0.1, 0.15) is 24.5 Å². The molecule has 26 heavy (non-hydrogen) atoms. The van der Waals surface area contributed by atoms with Gasteiger partial charge in [-0.2, -0.15) is 5.26 Å². The van der Waals surface area contributed by atoms with Gasteiger partial charge in [0, 0.05) is 16.7 Å². The normalized spacial score (nSPS) is 10.5. The summed E-state index contributed by atoms with van der Waals surface area (Å²) >= 11 is 6.19. The highest BCUT2D eigenvalue weighted by molar-refractivity contribution is 6.33. The van der Waals surface area contributed by atoms with Gasteiger partial charge in [-0.05, 0) is 30.2 Å². The van der Waals surface area contributed by atoms with E-state index in [4.69, 9.17) is 17.3 Å². The van der Waals surface area contributed by atoms with Crippen molar-refractivity contribution < 1.29 is 4.39 Å². The van der Waals surface area contributed by atoms with Crippen LogP contribution in [0.4, 0.5) is 10.2 Å². The Hall–Kier alpha value is -2.90. The monoisotopic (exact) mass is 365 g/mol. The number of aryl methyl sites for hydroxylation is 1. The molecular formula is C21H17ClFN3. The van der Waals surface area contributed by atoms with Crippen LogP contribution in [-0.2, 0) is 6.42 Å². The van der Waals surface area contributed by atoms with Gasteiger partial charge in [0.05, 0.1) is 10.7 Å². The summed E-state index contributed by atoms with van der Waals surface area (Å²) in [6, 6.07) is 16.0. The van der Waals surface area contributed by atoms with Crippen molar-refractivity contribution in [3.63, 3.8) is 0 Å². The van der Waals surface area contributed by atoms with Gasteiger partial charge in [-0.3, -0.25) is 0 Å². The molecular weight excluding hydrogens is 349 g/mol. The number of pyridine rings is 1. The molecule has 0 bridgehead atoms. The summed E-state index contributed by atoms with van der Waals surface area (Å²) in [7, 11) is 0. The van der Waals surface area contributed by atoms with E-state index in [1.807, 2.05) is 30.3 Å². The number of aromatic nitrogens is 1. The molecule has 0 unspecified atom stereocenters. The number of halogens is 2. The van der Waals surface area contributed by atoms with Crippen molar-refractivity contribution in [2.45, 2.75) is 19.8 Å². The quantitative estimate of drug-likeness (QED) is 0.653. The molecule has 5 heteroatoms. The molecule has 3 nitrogen and oxygen atoms in total. The molecule has 0 fully saturated rings. The first kappa shape index (κ1) is 17.9. The summed E-state index contributed by atoms with van der Waals surface area (Å²) in [5.74, 6) is -0.458. The van der Waals surface area contributed by atoms with Crippen LogP contribution in [-0.4, -0.2) is 4.98 Å². The fourth-order valence-electron chi connectivity index (χ4n) is 2.91. The van der Waals surface area contributed by atoms with Gasteiger partial charge in [-0.25, -0.2) is 9.37 Å². The lowest BCUT2D eigenvalue weighted by Crippen LogP contribution is -2.01. The zero-order chi connectivity index (χ0) is 18.7. The average Bonchev–Trinajstić information content (AvgIpc) is 2.62. The third-order valence-corrected chi connectivity index (χ3v) is 4.49. The first-order chi connectivity index (χ1) is 12.5. The van der Waals surface area contributed by atoms with Gasteiger partial charge in [-0.1, -0.05) is 55.3 Å². The molecule has 0 aliphatic carbocycles. The number of hydrogen-bond donors (Lipinski definition) is 1. The maximum absolute atomic E-state index is 14.4. The number of nitrogens with zero attached hydrogens (tertiary/aromatic N) is 2. The Bertz CT molecular complexity index is 971. The number of nitrogen functional groups attached to an aromatic ring is 1. The molecule has 2 aromatic carbocycles. The van der Waals surface area contributed by atoms with E-state index < -0.39 is 5.82 Å². The molecule has 0 radical (unpaired) electrons. The Labute approximate surface area is 156 Å². The molecule has 0 aliphatic rings. The Morgan fingerprint density at radius 2 is 1.92 bits per heavy atom. The number of hydrogen-bond acceptors (Lipinski definition) is 3. The second kappa shape index (κ2) is 7.55. The maximum Gasteiger partial charge on any atom is 0.142 e. The molecule has 0 spiro atoms. The van der Waals surface area contributed by atoms with E-state index in [1.54, 1.807) is 12.1 Å². The van der Waals surface area contributed by atoms with Crippen LogP contribution in [0.3, 0.4) is 0 Å². The minimum Gasteiger partial charge on any atom is -0.383 e. The number of nitriles is 1. The van der Waals surface area contributed by atoms with E-state index >= 15 is 0 Å². The Balaban J connectivity index is 2.18. The molecule has 3 aromatic rings. The molecule has 0 saturated heterocycles. The lowest BCUT2D eigenvalue weighted by Gasteiger charge is -2.12. The van der Waals surface area contributed by atoms with E-state index in [0.29, 0.717) is 11.3 Å². The van der Waals surface area contributed by atoms with Crippen LogP contribution in [0, 0.1) is 17.1 Å². The number of anilines is 1. The summed E-state index contributed by atoms with van der Waals surface area (Å²) in [5.41, 5.74) is 9.24. The maximum atomic E-state index is 14.4. The van der Waals surface area contributed by atoms with Crippen molar-refractivity contribution in [2.24, 2.45) is 0 Å². The number of rotatable bonds is 4. The molecule has 130 valence electrons. The highest BCUT2D eigenvalue weighted by Crippen LogP contribution is 2.36. The van der Waals surface area contributed by atoms with Crippen molar-refractivity contribution >= 4 is 17.4 Å². The number of benzene rings is 2. The van der Waals surface area contributed by atoms with Crippen LogP contribution in [0.15, 0.2) is 48.5 Å². The highest BCUT2D eigenvalue weighted by Gasteiger charge is 2.18. The topological polar surface area (TPSA) is 62.7 Å². The van der Waals surface area contributed by atoms with Crippen molar-refractivity contribution in [2.75, 3.05) is 5.73 Å². The van der Waals surface area contributed by atoms with E-state index in [9.17, 15) is 9.65 Å². The third kappa shape index (κ3) is 3.40. The second-order valence-electron chi connectivity index (χ2n) is 5.97. The van der Waals surface area contributed by atoms with Crippen molar-refractivity contribution in [1.82, 2.24) is 4.98 Å². The zero-order valence-corrected chi connectivity index (χ0v) is 15.0. The summed E-state index contributed by atoms with van der Waals surface area (Å²) < 4.78 is 14.4. The molecule has 1 heterocycles. The molecule has 0 saturated carbocycles. The molecule has 0 atom stereocenters. The Morgan fingerprint density at radius 3 is 2.54 bits per heavy atom. The molecule has 0 amide bonds. The van der Waals surface area contributed by atoms with E-state index in [-0.39, 0.29) is 22.0 Å². The van der Waals surface area contributed by atoms with Crippen LogP contribution in [0.5, 0.6) is 0 Å². The fourth-order valence-corrected chi connectivity index (χ4v) is 3.18. The first-order valence-corrected chi connectivity index (χ1v) is 8.67. The van der Waals surface area contributed by atoms with Crippen molar-refractivity contribution in [1.29, 1.82) is 5.26 Å². The van der Waals surface area contributed by atoms with Gasteiger partial charge in [-0.15, -0.1) is 0 Å². The molecule has 1 aromatic heterocycles. The molecule has 2 N–H and O–H groups in total. The summed E-state index contributed by atoms with van der Waals surface area (Å²) in [4.78, 5) is 4.33. The van der Waals surface area contributed by atoms with E-state index in [0.717, 1.165) is 18.4 Å². The minimum absolute atomic E-state index is 0.0527. The Kier molecular flexibility index (Phi) is 5.20. The highest BCUT2D eigenvalue weighted by atomic mass is 35.5.